The van der Waals surface area contributed by atoms with Crippen LogP contribution in [0.4, 0.5) is 0 Å². The standard InChI is InChI=1S/C26H36O6/c1-13-15(14-6-8-30-11-14)9-16-20(13)26(4)17(5-7-27)25(3)19(29)10-18(28)24(2)12-31-21(22(24)25)23(26)32-16/h6,8,11,15-19,21-23,27-29H,5,7,9-10,12H2,1-4H3/t15-,16-,17-,18-,19-,21-,22?,23-,24-,25+,26-/m1/s1. The second-order valence-electron chi connectivity index (χ2n) is 11.7. The van der Waals surface area contributed by atoms with Crippen LogP contribution in [0, 0.1) is 28.1 Å². The predicted molar refractivity (Wildman–Crippen MR) is 117 cm³/mol. The smallest absolute Gasteiger partial charge is 0.0942 e. The summed E-state index contributed by atoms with van der Waals surface area (Å²) in [5.41, 5.74) is 2.59. The highest BCUT2D eigenvalue weighted by atomic mass is 16.6. The van der Waals surface area contributed by atoms with Gasteiger partial charge in [0.05, 0.1) is 49.7 Å². The first-order valence-electron chi connectivity index (χ1n) is 12.2. The third-order valence-corrected chi connectivity index (χ3v) is 10.6. The van der Waals surface area contributed by atoms with Gasteiger partial charge in [-0.1, -0.05) is 26.3 Å². The van der Waals surface area contributed by atoms with Crippen LogP contribution in [-0.4, -0.2) is 59.1 Å². The molecule has 2 saturated heterocycles. The van der Waals surface area contributed by atoms with Gasteiger partial charge >= 0.3 is 0 Å². The summed E-state index contributed by atoms with van der Waals surface area (Å²) in [6.07, 6.45) is 3.82. The second-order valence-corrected chi connectivity index (χ2v) is 11.7. The normalized spacial score (nSPS) is 54.0. The zero-order valence-corrected chi connectivity index (χ0v) is 19.5. The second kappa shape index (κ2) is 6.70. The number of rotatable bonds is 3. The SMILES string of the molecule is CC1=C2[C@@H](C[C@H]1c1ccoc1)O[C@@H]1[C@@H]3OC[C@@]4(C)C3[C@](C)([C@H](O)C[C@H]4O)[C@@H](CCO)[C@]21C. The Morgan fingerprint density at radius 1 is 1.12 bits per heavy atom. The number of aliphatic hydroxyl groups is 3. The van der Waals surface area contributed by atoms with Crippen molar-refractivity contribution in [2.24, 2.45) is 28.1 Å². The molecule has 3 aliphatic carbocycles. The molecule has 0 aromatic carbocycles. The molecule has 2 aliphatic heterocycles. The lowest BCUT2D eigenvalue weighted by Gasteiger charge is -2.65. The molecule has 4 fully saturated rings. The first-order valence-corrected chi connectivity index (χ1v) is 12.2. The van der Waals surface area contributed by atoms with Crippen molar-refractivity contribution in [1.29, 1.82) is 0 Å². The van der Waals surface area contributed by atoms with Crippen molar-refractivity contribution in [2.75, 3.05) is 13.2 Å². The van der Waals surface area contributed by atoms with Gasteiger partial charge in [0, 0.05) is 41.1 Å². The molecule has 0 spiro atoms. The Hall–Kier alpha value is -1.18. The molecule has 2 saturated carbocycles. The van der Waals surface area contributed by atoms with Crippen LogP contribution < -0.4 is 0 Å². The number of furan rings is 1. The molecule has 3 heterocycles. The molecule has 0 amide bonds. The van der Waals surface area contributed by atoms with Gasteiger partial charge in [-0.3, -0.25) is 0 Å². The van der Waals surface area contributed by atoms with E-state index in [1.54, 1.807) is 6.26 Å². The van der Waals surface area contributed by atoms with E-state index in [0.717, 1.165) is 6.42 Å². The van der Waals surface area contributed by atoms with Gasteiger partial charge in [-0.15, -0.1) is 0 Å². The summed E-state index contributed by atoms with van der Waals surface area (Å²) >= 11 is 0. The summed E-state index contributed by atoms with van der Waals surface area (Å²) in [5, 5.41) is 32.7. The molecular weight excluding hydrogens is 408 g/mol. The molecule has 6 nitrogen and oxygen atoms in total. The van der Waals surface area contributed by atoms with Crippen molar-refractivity contribution in [3.63, 3.8) is 0 Å². The van der Waals surface area contributed by atoms with Gasteiger partial charge in [0.15, 0.2) is 0 Å². The van der Waals surface area contributed by atoms with E-state index in [-0.39, 0.29) is 48.1 Å². The van der Waals surface area contributed by atoms with E-state index in [9.17, 15) is 15.3 Å². The number of fused-ring (bicyclic) bond motifs is 4. The molecule has 0 radical (unpaired) electrons. The summed E-state index contributed by atoms with van der Waals surface area (Å²) in [6, 6.07) is 2.04. The Morgan fingerprint density at radius 2 is 1.91 bits per heavy atom. The van der Waals surface area contributed by atoms with Crippen molar-refractivity contribution in [1.82, 2.24) is 0 Å². The number of hydrogen-bond acceptors (Lipinski definition) is 6. The molecule has 6 rings (SSSR count). The first kappa shape index (κ1) is 21.4. The summed E-state index contributed by atoms with van der Waals surface area (Å²) in [4.78, 5) is 0. The van der Waals surface area contributed by atoms with Crippen LogP contribution in [0.25, 0.3) is 0 Å². The molecule has 1 aromatic heterocycles. The first-order chi connectivity index (χ1) is 15.2. The molecule has 1 aromatic rings. The Labute approximate surface area is 189 Å². The molecule has 1 unspecified atom stereocenters. The number of hydrogen-bond donors (Lipinski definition) is 3. The Morgan fingerprint density at radius 3 is 2.59 bits per heavy atom. The third-order valence-electron chi connectivity index (χ3n) is 10.6. The average molecular weight is 445 g/mol. The largest absolute Gasteiger partial charge is 0.472 e. The van der Waals surface area contributed by atoms with Crippen molar-refractivity contribution >= 4 is 0 Å². The van der Waals surface area contributed by atoms with Crippen molar-refractivity contribution in [3.05, 3.63) is 35.3 Å². The Bertz CT molecular complexity index is 940. The number of ether oxygens (including phenoxy) is 2. The highest BCUT2D eigenvalue weighted by Gasteiger charge is 2.76. The van der Waals surface area contributed by atoms with E-state index in [0.29, 0.717) is 19.4 Å². The average Bonchev–Trinajstić information content (AvgIpc) is 3.50. The minimum absolute atomic E-state index is 0.00682. The van der Waals surface area contributed by atoms with Crippen molar-refractivity contribution in [2.45, 2.75) is 83.4 Å². The summed E-state index contributed by atoms with van der Waals surface area (Å²) < 4.78 is 18.7. The zero-order chi connectivity index (χ0) is 22.6. The molecule has 6 heteroatoms. The fourth-order valence-corrected chi connectivity index (χ4v) is 9.23. The molecule has 11 atom stereocenters. The lowest BCUT2D eigenvalue weighted by Crippen LogP contribution is -2.70. The molecule has 5 aliphatic rings. The maximum atomic E-state index is 11.5. The molecule has 3 N–H and O–H groups in total. The quantitative estimate of drug-likeness (QED) is 0.621. The summed E-state index contributed by atoms with van der Waals surface area (Å²) in [7, 11) is 0. The van der Waals surface area contributed by atoms with E-state index in [1.807, 2.05) is 12.3 Å². The number of allylic oxidation sites excluding steroid dienone is 1. The van der Waals surface area contributed by atoms with Crippen LogP contribution in [0.5, 0.6) is 0 Å². The van der Waals surface area contributed by atoms with Gasteiger partial charge in [0.25, 0.3) is 0 Å². The maximum Gasteiger partial charge on any atom is 0.0942 e. The van der Waals surface area contributed by atoms with E-state index >= 15 is 0 Å². The van der Waals surface area contributed by atoms with Crippen molar-refractivity contribution in [3.8, 4) is 0 Å². The van der Waals surface area contributed by atoms with Crippen molar-refractivity contribution < 1.29 is 29.2 Å². The zero-order valence-electron chi connectivity index (χ0n) is 19.5. The van der Waals surface area contributed by atoms with E-state index in [1.165, 1.54) is 16.7 Å². The lowest BCUT2D eigenvalue weighted by atomic mass is 9.40. The van der Waals surface area contributed by atoms with Crippen LogP contribution in [0.2, 0.25) is 0 Å². The van der Waals surface area contributed by atoms with Crippen LogP contribution in [0.15, 0.2) is 34.2 Å². The fraction of sp³-hybridized carbons (Fsp3) is 0.769. The predicted octanol–water partition coefficient (Wildman–Crippen LogP) is 3.02. The fourth-order valence-electron chi connectivity index (χ4n) is 9.23. The summed E-state index contributed by atoms with van der Waals surface area (Å²) in [5.74, 6) is 0.264. The van der Waals surface area contributed by atoms with Gasteiger partial charge in [-0.05, 0) is 42.9 Å². The highest BCUT2D eigenvalue weighted by Crippen LogP contribution is 2.73. The summed E-state index contributed by atoms with van der Waals surface area (Å²) in [6.45, 7) is 9.34. The van der Waals surface area contributed by atoms with Crippen LogP contribution in [0.1, 0.15) is 58.4 Å². The monoisotopic (exact) mass is 444 g/mol. The minimum Gasteiger partial charge on any atom is -0.472 e. The maximum absolute atomic E-state index is 11.5. The van der Waals surface area contributed by atoms with Crippen LogP contribution >= 0.6 is 0 Å². The van der Waals surface area contributed by atoms with E-state index < -0.39 is 23.0 Å². The topological polar surface area (TPSA) is 92.3 Å². The lowest BCUT2D eigenvalue weighted by molar-refractivity contribution is -0.243. The minimum atomic E-state index is -0.653. The molecule has 0 bridgehead atoms. The van der Waals surface area contributed by atoms with Crippen LogP contribution in [-0.2, 0) is 9.47 Å². The van der Waals surface area contributed by atoms with Gasteiger partial charge in [0.2, 0.25) is 0 Å². The molecule has 32 heavy (non-hydrogen) atoms. The molecule has 176 valence electrons. The van der Waals surface area contributed by atoms with Crippen LogP contribution in [0.3, 0.4) is 0 Å². The van der Waals surface area contributed by atoms with Gasteiger partial charge in [0.1, 0.15) is 0 Å². The highest BCUT2D eigenvalue weighted by molar-refractivity contribution is 5.45. The third kappa shape index (κ3) is 2.28. The van der Waals surface area contributed by atoms with Gasteiger partial charge in [-0.2, -0.15) is 0 Å². The Kier molecular flexibility index (Phi) is 4.47. The van der Waals surface area contributed by atoms with Gasteiger partial charge < -0.3 is 29.2 Å². The van der Waals surface area contributed by atoms with Gasteiger partial charge in [-0.25, -0.2) is 0 Å². The molecular formula is C26H36O6. The van der Waals surface area contributed by atoms with E-state index in [2.05, 4.69) is 27.7 Å². The van der Waals surface area contributed by atoms with E-state index in [4.69, 9.17) is 13.9 Å². The number of aliphatic hydroxyl groups excluding tert-OH is 3. The Balaban J connectivity index is 1.53.